The molecule has 0 radical (unpaired) electrons. The van der Waals surface area contributed by atoms with Gasteiger partial charge in [-0.05, 0) is 70.0 Å². The summed E-state index contributed by atoms with van der Waals surface area (Å²) in [6.07, 6.45) is 0. The largest absolute Gasteiger partial charge is 0.491 e. The minimum Gasteiger partial charge on any atom is -0.491 e. The molecular formula is C27H32N2O4S. The molecule has 1 N–H and O–H groups in total. The Kier molecular flexibility index (Phi) is 7.99. The second kappa shape index (κ2) is 10.7. The highest BCUT2D eigenvalue weighted by molar-refractivity contribution is 7.92. The van der Waals surface area contributed by atoms with Crippen molar-refractivity contribution in [2.24, 2.45) is 0 Å². The second-order valence-electron chi connectivity index (χ2n) is 8.58. The number of benzene rings is 3. The van der Waals surface area contributed by atoms with Gasteiger partial charge in [0.2, 0.25) is 5.91 Å². The molecule has 180 valence electrons. The molecule has 3 rings (SSSR count). The van der Waals surface area contributed by atoms with E-state index in [0.29, 0.717) is 5.69 Å². The van der Waals surface area contributed by atoms with Crippen molar-refractivity contribution >= 4 is 21.6 Å². The van der Waals surface area contributed by atoms with E-state index in [-0.39, 0.29) is 24.6 Å². The molecule has 3 aromatic carbocycles. The van der Waals surface area contributed by atoms with Crippen LogP contribution in [0.5, 0.6) is 5.75 Å². The third kappa shape index (κ3) is 6.17. The first-order valence-electron chi connectivity index (χ1n) is 11.2. The Bertz CT molecular complexity index is 1270. The lowest BCUT2D eigenvalue weighted by atomic mass is 10.1. The number of aryl methyl sites for hydroxylation is 5. The molecule has 0 fully saturated rings. The van der Waals surface area contributed by atoms with Crippen molar-refractivity contribution in [3.8, 4) is 5.75 Å². The predicted octanol–water partition coefficient (Wildman–Crippen LogP) is 4.62. The van der Waals surface area contributed by atoms with Crippen LogP contribution in [0.15, 0.2) is 65.6 Å². The summed E-state index contributed by atoms with van der Waals surface area (Å²) in [5.74, 6) is 0.360. The molecule has 0 aliphatic heterocycles. The van der Waals surface area contributed by atoms with E-state index in [1.54, 1.807) is 30.3 Å². The van der Waals surface area contributed by atoms with Crippen LogP contribution in [0.4, 0.5) is 5.69 Å². The standard InChI is InChI=1S/C27H32N2O4S/c1-19-6-10-24(11-7-19)34(31,32)29(25-12-8-20(2)16-22(25)4)18-27(30)28-14-15-33-26-13-9-21(3)17-23(26)5/h6-13,16-17H,14-15,18H2,1-5H3,(H,28,30). The van der Waals surface area contributed by atoms with Gasteiger partial charge in [-0.25, -0.2) is 8.42 Å². The third-order valence-electron chi connectivity index (χ3n) is 5.53. The van der Waals surface area contributed by atoms with Crippen molar-refractivity contribution in [1.29, 1.82) is 0 Å². The monoisotopic (exact) mass is 480 g/mol. The highest BCUT2D eigenvalue weighted by Crippen LogP contribution is 2.27. The van der Waals surface area contributed by atoms with Crippen LogP contribution in [0.1, 0.15) is 27.8 Å². The van der Waals surface area contributed by atoms with E-state index in [1.807, 2.05) is 65.0 Å². The molecule has 0 aromatic heterocycles. The van der Waals surface area contributed by atoms with E-state index < -0.39 is 15.9 Å². The summed E-state index contributed by atoms with van der Waals surface area (Å²) in [6, 6.07) is 18.0. The summed E-state index contributed by atoms with van der Waals surface area (Å²) in [7, 11) is -3.94. The van der Waals surface area contributed by atoms with Crippen LogP contribution in [0.2, 0.25) is 0 Å². The number of anilines is 1. The normalized spacial score (nSPS) is 11.2. The van der Waals surface area contributed by atoms with Crippen LogP contribution in [0.25, 0.3) is 0 Å². The Balaban J connectivity index is 1.74. The molecule has 0 unspecified atom stereocenters. The molecule has 34 heavy (non-hydrogen) atoms. The topological polar surface area (TPSA) is 75.7 Å². The van der Waals surface area contributed by atoms with Crippen LogP contribution in [-0.4, -0.2) is 34.0 Å². The van der Waals surface area contributed by atoms with E-state index in [2.05, 4.69) is 5.32 Å². The SMILES string of the molecule is Cc1ccc(S(=O)(=O)N(CC(=O)NCCOc2ccc(C)cc2C)c2ccc(C)cc2C)cc1. The number of carbonyl (C=O) groups is 1. The number of rotatable bonds is 9. The van der Waals surface area contributed by atoms with Gasteiger partial charge in [-0.1, -0.05) is 53.1 Å². The fraction of sp³-hybridized carbons (Fsp3) is 0.296. The van der Waals surface area contributed by atoms with E-state index >= 15 is 0 Å². The molecule has 0 atom stereocenters. The van der Waals surface area contributed by atoms with Gasteiger partial charge in [0.1, 0.15) is 18.9 Å². The molecule has 7 heteroatoms. The second-order valence-corrected chi connectivity index (χ2v) is 10.4. The fourth-order valence-electron chi connectivity index (χ4n) is 3.72. The van der Waals surface area contributed by atoms with E-state index in [1.165, 1.54) is 4.31 Å². The van der Waals surface area contributed by atoms with Gasteiger partial charge < -0.3 is 10.1 Å². The molecule has 0 saturated carbocycles. The number of ether oxygens (including phenoxy) is 1. The maximum atomic E-state index is 13.5. The highest BCUT2D eigenvalue weighted by atomic mass is 32.2. The number of hydrogen-bond donors (Lipinski definition) is 1. The Labute approximate surface area is 202 Å². The minimum atomic E-state index is -3.94. The van der Waals surface area contributed by atoms with Crippen molar-refractivity contribution in [2.75, 3.05) is 24.0 Å². The smallest absolute Gasteiger partial charge is 0.264 e. The zero-order chi connectivity index (χ0) is 24.9. The maximum Gasteiger partial charge on any atom is 0.264 e. The molecular weight excluding hydrogens is 448 g/mol. The van der Waals surface area contributed by atoms with Gasteiger partial charge in [0, 0.05) is 0 Å². The van der Waals surface area contributed by atoms with Crippen LogP contribution in [0.3, 0.4) is 0 Å². The van der Waals surface area contributed by atoms with Crippen molar-refractivity contribution in [3.63, 3.8) is 0 Å². The van der Waals surface area contributed by atoms with Crippen LogP contribution >= 0.6 is 0 Å². The zero-order valence-corrected chi connectivity index (χ0v) is 21.2. The Morgan fingerprint density at radius 2 is 1.41 bits per heavy atom. The number of hydrogen-bond acceptors (Lipinski definition) is 4. The molecule has 0 saturated heterocycles. The fourth-order valence-corrected chi connectivity index (χ4v) is 5.21. The quantitative estimate of drug-likeness (QED) is 0.454. The van der Waals surface area contributed by atoms with Gasteiger partial charge in [0.05, 0.1) is 17.1 Å². The average Bonchev–Trinajstić information content (AvgIpc) is 2.77. The van der Waals surface area contributed by atoms with Crippen LogP contribution in [0, 0.1) is 34.6 Å². The number of amides is 1. The van der Waals surface area contributed by atoms with Gasteiger partial charge in [-0.3, -0.25) is 9.10 Å². The summed E-state index contributed by atoms with van der Waals surface area (Å²) in [4.78, 5) is 12.9. The Hall–Kier alpha value is -3.32. The third-order valence-corrected chi connectivity index (χ3v) is 7.30. The molecule has 1 amide bonds. The Morgan fingerprint density at radius 3 is 2.03 bits per heavy atom. The van der Waals surface area contributed by atoms with Crippen LogP contribution < -0.4 is 14.4 Å². The first kappa shape index (κ1) is 25.3. The lowest BCUT2D eigenvalue weighted by molar-refractivity contribution is -0.119. The molecule has 6 nitrogen and oxygen atoms in total. The van der Waals surface area contributed by atoms with Crippen molar-refractivity contribution in [1.82, 2.24) is 5.32 Å². The van der Waals surface area contributed by atoms with Crippen molar-refractivity contribution < 1.29 is 17.9 Å². The van der Waals surface area contributed by atoms with E-state index in [0.717, 1.165) is 33.6 Å². The summed E-state index contributed by atoms with van der Waals surface area (Å²) >= 11 is 0. The molecule has 0 spiro atoms. The first-order valence-corrected chi connectivity index (χ1v) is 12.7. The lowest BCUT2D eigenvalue weighted by Crippen LogP contribution is -2.42. The number of nitrogens with one attached hydrogen (secondary N) is 1. The van der Waals surface area contributed by atoms with Crippen LogP contribution in [-0.2, 0) is 14.8 Å². The predicted molar refractivity (Wildman–Crippen MR) is 136 cm³/mol. The number of carbonyl (C=O) groups excluding carboxylic acids is 1. The summed E-state index contributed by atoms with van der Waals surface area (Å²) in [5, 5.41) is 2.78. The van der Waals surface area contributed by atoms with Gasteiger partial charge in [-0.15, -0.1) is 0 Å². The van der Waals surface area contributed by atoms with Gasteiger partial charge in [0.25, 0.3) is 10.0 Å². The lowest BCUT2D eigenvalue weighted by Gasteiger charge is -2.26. The van der Waals surface area contributed by atoms with Gasteiger partial charge in [0.15, 0.2) is 0 Å². The number of nitrogens with zero attached hydrogens (tertiary/aromatic N) is 1. The maximum absolute atomic E-state index is 13.5. The summed E-state index contributed by atoms with van der Waals surface area (Å²) in [5.41, 5.74) is 5.41. The zero-order valence-electron chi connectivity index (χ0n) is 20.4. The molecule has 3 aromatic rings. The van der Waals surface area contributed by atoms with Crippen molar-refractivity contribution in [2.45, 2.75) is 39.5 Å². The van der Waals surface area contributed by atoms with Gasteiger partial charge >= 0.3 is 0 Å². The number of sulfonamides is 1. The summed E-state index contributed by atoms with van der Waals surface area (Å²) in [6.45, 7) is 9.88. The molecule has 0 aliphatic carbocycles. The first-order chi connectivity index (χ1) is 16.1. The van der Waals surface area contributed by atoms with Crippen molar-refractivity contribution in [3.05, 3.63) is 88.5 Å². The minimum absolute atomic E-state index is 0.143. The van der Waals surface area contributed by atoms with E-state index in [4.69, 9.17) is 4.74 Å². The van der Waals surface area contributed by atoms with Gasteiger partial charge in [-0.2, -0.15) is 0 Å². The average molecular weight is 481 g/mol. The molecule has 0 aliphatic rings. The Morgan fingerprint density at radius 1 is 0.824 bits per heavy atom. The summed E-state index contributed by atoms with van der Waals surface area (Å²) < 4.78 is 34.0. The van der Waals surface area contributed by atoms with E-state index in [9.17, 15) is 13.2 Å². The highest BCUT2D eigenvalue weighted by Gasteiger charge is 2.28. The molecule has 0 bridgehead atoms. The molecule has 0 heterocycles.